The highest BCUT2D eigenvalue weighted by Crippen LogP contribution is 2.34. The van der Waals surface area contributed by atoms with E-state index in [-0.39, 0.29) is 17.8 Å². The summed E-state index contributed by atoms with van der Waals surface area (Å²) in [4.78, 5) is 0. The maximum atomic E-state index is 10.0. The predicted molar refractivity (Wildman–Crippen MR) is 67.4 cm³/mol. The lowest BCUT2D eigenvalue weighted by atomic mass is 9.79. The Balaban J connectivity index is 2.56. The molecule has 0 radical (unpaired) electrons. The average Bonchev–Trinajstić information content (AvgIpc) is 2.21. The smallest absolute Gasteiger partial charge is 0.0843 e. The zero-order valence-corrected chi connectivity index (χ0v) is 11.5. The summed E-state index contributed by atoms with van der Waals surface area (Å²) in [7, 11) is 0. The highest BCUT2D eigenvalue weighted by molar-refractivity contribution is 4.84. The van der Waals surface area contributed by atoms with Gasteiger partial charge in [-0.3, -0.25) is 0 Å². The number of hydrogen-bond acceptors (Lipinski definition) is 2. The van der Waals surface area contributed by atoms with Gasteiger partial charge in [0.15, 0.2) is 0 Å². The van der Waals surface area contributed by atoms with Crippen LogP contribution >= 0.6 is 0 Å². The summed E-state index contributed by atoms with van der Waals surface area (Å²) in [6.45, 7) is 10.9. The Kier molecular flexibility index (Phi) is 4.81. The molecule has 1 saturated carbocycles. The first-order valence-electron chi connectivity index (χ1n) is 6.71. The fourth-order valence-corrected chi connectivity index (χ4v) is 2.37. The van der Waals surface area contributed by atoms with Crippen molar-refractivity contribution in [1.29, 1.82) is 0 Å². The Morgan fingerprint density at radius 1 is 1.31 bits per heavy atom. The normalized spacial score (nSPS) is 32.1. The second kappa shape index (κ2) is 5.50. The number of rotatable bonds is 4. The van der Waals surface area contributed by atoms with Crippen molar-refractivity contribution in [2.75, 3.05) is 0 Å². The van der Waals surface area contributed by atoms with Crippen LogP contribution in [0.2, 0.25) is 0 Å². The van der Waals surface area contributed by atoms with Crippen LogP contribution in [0.4, 0.5) is 0 Å². The van der Waals surface area contributed by atoms with Crippen LogP contribution in [0.5, 0.6) is 0 Å². The number of ether oxygens (including phenoxy) is 1. The van der Waals surface area contributed by atoms with Gasteiger partial charge in [0.1, 0.15) is 0 Å². The lowest BCUT2D eigenvalue weighted by Crippen LogP contribution is -2.42. The fraction of sp³-hybridized carbons (Fsp3) is 1.00. The Morgan fingerprint density at radius 3 is 2.44 bits per heavy atom. The Hall–Kier alpha value is -0.0800. The van der Waals surface area contributed by atoms with E-state index in [0.29, 0.717) is 11.8 Å². The Bertz CT molecular complexity index is 211. The zero-order valence-electron chi connectivity index (χ0n) is 11.5. The minimum atomic E-state index is -0.263. The molecule has 1 aliphatic carbocycles. The third-order valence-electron chi connectivity index (χ3n) is 4.06. The minimum absolute atomic E-state index is 0.0381. The first kappa shape index (κ1) is 14.0. The molecule has 0 aromatic heterocycles. The number of aliphatic hydroxyl groups excluding tert-OH is 1. The van der Waals surface area contributed by atoms with E-state index in [4.69, 9.17) is 4.74 Å². The predicted octanol–water partition coefficient (Wildman–Crippen LogP) is 3.38. The van der Waals surface area contributed by atoms with Crippen LogP contribution < -0.4 is 0 Å². The summed E-state index contributed by atoms with van der Waals surface area (Å²) in [6, 6.07) is 0. The SMILES string of the molecule is CCC(C)(C)OC1CC(C(C)C)CCC1O. The lowest BCUT2D eigenvalue weighted by Gasteiger charge is -2.39. The van der Waals surface area contributed by atoms with Gasteiger partial charge < -0.3 is 9.84 Å². The maximum absolute atomic E-state index is 10.0. The third-order valence-corrected chi connectivity index (χ3v) is 4.06. The van der Waals surface area contributed by atoms with Crippen molar-refractivity contribution >= 4 is 0 Å². The van der Waals surface area contributed by atoms with Crippen molar-refractivity contribution in [1.82, 2.24) is 0 Å². The lowest BCUT2D eigenvalue weighted by molar-refractivity contribution is -0.143. The average molecular weight is 228 g/mol. The zero-order chi connectivity index (χ0) is 12.3. The molecule has 0 aromatic rings. The molecule has 1 N–H and O–H groups in total. The summed E-state index contributed by atoms with van der Waals surface area (Å²) in [5, 5.41) is 10.0. The van der Waals surface area contributed by atoms with Gasteiger partial charge in [0.05, 0.1) is 17.8 Å². The fourth-order valence-electron chi connectivity index (χ4n) is 2.37. The maximum Gasteiger partial charge on any atom is 0.0843 e. The number of aliphatic hydroxyl groups is 1. The molecule has 2 heteroatoms. The van der Waals surface area contributed by atoms with Crippen molar-refractivity contribution in [2.24, 2.45) is 11.8 Å². The van der Waals surface area contributed by atoms with E-state index in [1.807, 2.05) is 0 Å². The highest BCUT2D eigenvalue weighted by atomic mass is 16.5. The molecule has 16 heavy (non-hydrogen) atoms. The molecule has 0 amide bonds. The van der Waals surface area contributed by atoms with Gasteiger partial charge in [-0.25, -0.2) is 0 Å². The van der Waals surface area contributed by atoms with Crippen molar-refractivity contribution in [3.63, 3.8) is 0 Å². The minimum Gasteiger partial charge on any atom is -0.390 e. The van der Waals surface area contributed by atoms with Crippen LogP contribution in [0.1, 0.15) is 60.3 Å². The molecule has 3 unspecified atom stereocenters. The van der Waals surface area contributed by atoms with E-state index in [2.05, 4.69) is 34.6 Å². The highest BCUT2D eigenvalue weighted by Gasteiger charge is 2.34. The van der Waals surface area contributed by atoms with E-state index in [1.165, 1.54) is 0 Å². The van der Waals surface area contributed by atoms with Crippen LogP contribution in [-0.2, 0) is 4.74 Å². The summed E-state index contributed by atoms with van der Waals surface area (Å²) in [6.07, 6.45) is 3.82. The van der Waals surface area contributed by atoms with E-state index in [9.17, 15) is 5.11 Å². The molecular formula is C14H28O2. The van der Waals surface area contributed by atoms with Crippen LogP contribution in [0.25, 0.3) is 0 Å². The molecule has 1 rings (SSSR count). The molecule has 2 nitrogen and oxygen atoms in total. The van der Waals surface area contributed by atoms with E-state index >= 15 is 0 Å². The van der Waals surface area contributed by atoms with Crippen molar-refractivity contribution < 1.29 is 9.84 Å². The first-order valence-corrected chi connectivity index (χ1v) is 6.71. The van der Waals surface area contributed by atoms with Gasteiger partial charge in [0, 0.05) is 0 Å². The van der Waals surface area contributed by atoms with Gasteiger partial charge in [-0.05, 0) is 51.4 Å². The van der Waals surface area contributed by atoms with E-state index < -0.39 is 0 Å². The molecule has 1 aliphatic rings. The van der Waals surface area contributed by atoms with Crippen LogP contribution in [0.3, 0.4) is 0 Å². The molecule has 0 heterocycles. The molecule has 0 saturated heterocycles. The Labute approximate surface area is 100 Å². The van der Waals surface area contributed by atoms with Crippen LogP contribution in [-0.4, -0.2) is 22.9 Å². The molecule has 96 valence electrons. The number of hydrogen-bond donors (Lipinski definition) is 1. The van der Waals surface area contributed by atoms with E-state index in [1.54, 1.807) is 0 Å². The van der Waals surface area contributed by atoms with Crippen LogP contribution in [0.15, 0.2) is 0 Å². The summed E-state index contributed by atoms with van der Waals surface area (Å²) < 4.78 is 6.07. The van der Waals surface area contributed by atoms with Gasteiger partial charge in [0.2, 0.25) is 0 Å². The largest absolute Gasteiger partial charge is 0.390 e. The molecule has 0 bridgehead atoms. The quantitative estimate of drug-likeness (QED) is 0.799. The topological polar surface area (TPSA) is 29.5 Å². The molecular weight excluding hydrogens is 200 g/mol. The van der Waals surface area contributed by atoms with Gasteiger partial charge >= 0.3 is 0 Å². The second-order valence-electron chi connectivity index (χ2n) is 6.15. The van der Waals surface area contributed by atoms with Gasteiger partial charge in [0.25, 0.3) is 0 Å². The monoisotopic (exact) mass is 228 g/mol. The van der Waals surface area contributed by atoms with Crippen molar-refractivity contribution in [3.05, 3.63) is 0 Å². The van der Waals surface area contributed by atoms with Gasteiger partial charge in [-0.15, -0.1) is 0 Å². The standard InChI is InChI=1S/C14H28O2/c1-6-14(4,5)16-13-9-11(10(2)3)7-8-12(13)15/h10-13,15H,6-9H2,1-5H3. The van der Waals surface area contributed by atoms with E-state index in [0.717, 1.165) is 25.7 Å². The van der Waals surface area contributed by atoms with Crippen molar-refractivity contribution in [3.8, 4) is 0 Å². The summed E-state index contributed by atoms with van der Waals surface area (Å²) in [5.74, 6) is 1.41. The first-order chi connectivity index (χ1) is 7.35. The van der Waals surface area contributed by atoms with Crippen LogP contribution in [0, 0.1) is 11.8 Å². The van der Waals surface area contributed by atoms with Gasteiger partial charge in [-0.2, -0.15) is 0 Å². The molecule has 1 fully saturated rings. The van der Waals surface area contributed by atoms with Gasteiger partial charge in [-0.1, -0.05) is 20.8 Å². The Morgan fingerprint density at radius 2 is 1.94 bits per heavy atom. The second-order valence-corrected chi connectivity index (χ2v) is 6.15. The van der Waals surface area contributed by atoms with Crippen molar-refractivity contribution in [2.45, 2.75) is 78.1 Å². The molecule has 3 atom stereocenters. The molecule has 0 aliphatic heterocycles. The molecule has 0 aromatic carbocycles. The third kappa shape index (κ3) is 3.74. The summed E-state index contributed by atoms with van der Waals surface area (Å²) >= 11 is 0. The summed E-state index contributed by atoms with van der Waals surface area (Å²) in [5.41, 5.74) is -0.107. The molecule has 0 spiro atoms.